The lowest BCUT2D eigenvalue weighted by atomic mass is 10.2. The van der Waals surface area contributed by atoms with Gasteiger partial charge in [0.2, 0.25) is 5.91 Å². The Balaban J connectivity index is 1.79. The largest absolute Gasteiger partial charge is 0.311 e. The van der Waals surface area contributed by atoms with Gasteiger partial charge in [-0.1, -0.05) is 19.1 Å². The predicted octanol–water partition coefficient (Wildman–Crippen LogP) is 4.22. The van der Waals surface area contributed by atoms with Gasteiger partial charge in [0.15, 0.2) is 0 Å². The van der Waals surface area contributed by atoms with Crippen LogP contribution in [0, 0.1) is 0 Å². The second-order valence-corrected chi connectivity index (χ2v) is 11.1. The molecule has 0 unspecified atom stereocenters. The average molecular weight is 435 g/mol. The number of hydrogen-bond acceptors (Lipinski definition) is 5. The first-order valence-corrected chi connectivity index (χ1v) is 12.6. The van der Waals surface area contributed by atoms with E-state index in [9.17, 15) is 13.2 Å². The van der Waals surface area contributed by atoms with Crippen molar-refractivity contribution in [1.29, 1.82) is 0 Å². The van der Waals surface area contributed by atoms with Crippen LogP contribution in [0.1, 0.15) is 20.3 Å². The number of hydrogen-bond donors (Lipinski definition) is 0. The number of nitrogens with zero attached hydrogens (tertiary/aromatic N) is 2. The number of thioether (sulfide) groups is 2. The molecule has 2 heterocycles. The van der Waals surface area contributed by atoms with Crippen molar-refractivity contribution >= 4 is 50.8 Å². The van der Waals surface area contributed by atoms with E-state index in [1.54, 1.807) is 40.6 Å². The minimum Gasteiger partial charge on any atom is -0.311 e. The fraction of sp³-hybridized carbons (Fsp3) is 0.350. The van der Waals surface area contributed by atoms with Gasteiger partial charge in [-0.25, -0.2) is 8.42 Å². The van der Waals surface area contributed by atoms with Crippen LogP contribution < -0.4 is 9.21 Å². The van der Waals surface area contributed by atoms with Gasteiger partial charge >= 0.3 is 0 Å². The number of amides is 1. The minimum absolute atomic E-state index is 0.0677. The van der Waals surface area contributed by atoms with E-state index in [4.69, 9.17) is 0 Å². The molecule has 1 atom stereocenters. The lowest BCUT2D eigenvalue weighted by Crippen LogP contribution is -2.39. The van der Waals surface area contributed by atoms with E-state index in [-0.39, 0.29) is 16.1 Å². The molecule has 0 bridgehead atoms. The maximum absolute atomic E-state index is 13.6. The Kier molecular flexibility index (Phi) is 5.37. The Hall–Kier alpha value is -1.64. The number of benzene rings is 2. The van der Waals surface area contributed by atoms with Crippen molar-refractivity contribution in [3.05, 3.63) is 42.5 Å². The number of carbonyl (C=O) groups excluding carboxylic acids is 1. The van der Waals surface area contributed by atoms with Crippen molar-refractivity contribution in [2.24, 2.45) is 0 Å². The number of anilines is 2. The molecule has 0 aromatic heterocycles. The molecule has 0 radical (unpaired) electrons. The van der Waals surface area contributed by atoms with E-state index in [0.29, 0.717) is 18.8 Å². The molecule has 8 heteroatoms. The highest BCUT2D eigenvalue weighted by atomic mass is 32.2. The molecule has 2 aliphatic rings. The summed E-state index contributed by atoms with van der Waals surface area (Å²) in [7, 11) is -3.73. The van der Waals surface area contributed by atoms with Crippen LogP contribution in [0.5, 0.6) is 0 Å². The Morgan fingerprint density at radius 2 is 1.93 bits per heavy atom. The first kappa shape index (κ1) is 19.7. The van der Waals surface area contributed by atoms with Crippen LogP contribution in [0.4, 0.5) is 11.4 Å². The molecule has 1 amide bonds. The van der Waals surface area contributed by atoms with Gasteiger partial charge in [-0.15, -0.1) is 23.5 Å². The average Bonchev–Trinajstić information content (AvgIpc) is 2.71. The summed E-state index contributed by atoms with van der Waals surface area (Å²) in [6.07, 6.45) is 0.893. The van der Waals surface area contributed by atoms with Gasteiger partial charge in [0.05, 0.1) is 16.3 Å². The summed E-state index contributed by atoms with van der Waals surface area (Å²) in [5, 5.41) is 0.214. The lowest BCUT2D eigenvalue weighted by Gasteiger charge is -2.35. The second kappa shape index (κ2) is 7.65. The summed E-state index contributed by atoms with van der Waals surface area (Å²) in [4.78, 5) is 15.9. The molecule has 0 fully saturated rings. The third kappa shape index (κ3) is 3.42. The van der Waals surface area contributed by atoms with Gasteiger partial charge in [-0.05, 0) is 36.8 Å². The second-order valence-electron chi connectivity index (χ2n) is 6.80. The van der Waals surface area contributed by atoms with Crippen LogP contribution in [-0.4, -0.2) is 38.4 Å². The number of para-hydroxylation sites is 1. The molecule has 0 N–H and O–H groups in total. The van der Waals surface area contributed by atoms with Crippen molar-refractivity contribution < 1.29 is 13.2 Å². The molecular weight excluding hydrogens is 412 g/mol. The van der Waals surface area contributed by atoms with Crippen LogP contribution in [0.15, 0.2) is 57.2 Å². The highest BCUT2D eigenvalue weighted by molar-refractivity contribution is 8.00. The Labute approximate surface area is 174 Å². The third-order valence-corrected chi connectivity index (χ3v) is 9.25. The van der Waals surface area contributed by atoms with Crippen molar-refractivity contribution in [2.45, 2.75) is 40.2 Å². The summed E-state index contributed by atoms with van der Waals surface area (Å²) in [5.41, 5.74) is 1.42. The molecule has 0 saturated heterocycles. The summed E-state index contributed by atoms with van der Waals surface area (Å²) in [5.74, 6) is 0.745. The van der Waals surface area contributed by atoms with Gasteiger partial charge in [-0.3, -0.25) is 9.10 Å². The zero-order valence-corrected chi connectivity index (χ0v) is 18.2. The van der Waals surface area contributed by atoms with E-state index in [1.807, 2.05) is 30.3 Å². The normalized spacial score (nSPS) is 19.1. The van der Waals surface area contributed by atoms with E-state index < -0.39 is 10.0 Å². The molecule has 28 heavy (non-hydrogen) atoms. The van der Waals surface area contributed by atoms with Crippen LogP contribution >= 0.6 is 23.5 Å². The Morgan fingerprint density at radius 3 is 2.68 bits per heavy atom. The van der Waals surface area contributed by atoms with E-state index in [2.05, 4.69) is 6.92 Å². The number of fused-ring (bicyclic) bond motifs is 2. The first-order valence-electron chi connectivity index (χ1n) is 9.25. The predicted molar refractivity (Wildman–Crippen MR) is 116 cm³/mol. The van der Waals surface area contributed by atoms with Gasteiger partial charge < -0.3 is 4.90 Å². The zero-order chi connectivity index (χ0) is 19.9. The summed E-state index contributed by atoms with van der Waals surface area (Å²) < 4.78 is 28.7. The zero-order valence-electron chi connectivity index (χ0n) is 15.8. The van der Waals surface area contributed by atoms with Crippen molar-refractivity contribution in [1.82, 2.24) is 0 Å². The van der Waals surface area contributed by atoms with E-state index >= 15 is 0 Å². The number of sulfonamides is 1. The number of rotatable bonds is 3. The van der Waals surface area contributed by atoms with Gasteiger partial charge in [0.25, 0.3) is 10.0 Å². The smallest absolute Gasteiger partial charge is 0.264 e. The molecule has 5 nitrogen and oxygen atoms in total. The van der Waals surface area contributed by atoms with E-state index in [1.165, 1.54) is 11.2 Å². The highest BCUT2D eigenvalue weighted by Gasteiger charge is 2.34. The monoisotopic (exact) mass is 434 g/mol. The van der Waals surface area contributed by atoms with Crippen LogP contribution in [-0.2, 0) is 14.8 Å². The van der Waals surface area contributed by atoms with Gasteiger partial charge in [0, 0.05) is 40.8 Å². The summed E-state index contributed by atoms with van der Waals surface area (Å²) in [6, 6.07) is 12.8. The Morgan fingerprint density at radius 1 is 1.14 bits per heavy atom. The fourth-order valence-corrected chi connectivity index (χ4v) is 7.40. The molecule has 148 valence electrons. The molecule has 0 saturated carbocycles. The fourth-order valence-electron chi connectivity index (χ4n) is 3.52. The Bertz CT molecular complexity index is 1020. The van der Waals surface area contributed by atoms with Gasteiger partial charge in [-0.2, -0.15) is 0 Å². The third-order valence-electron chi connectivity index (χ3n) is 5.01. The summed E-state index contributed by atoms with van der Waals surface area (Å²) >= 11 is 3.39. The van der Waals surface area contributed by atoms with Crippen LogP contribution in [0.3, 0.4) is 0 Å². The topological polar surface area (TPSA) is 57.7 Å². The molecule has 4 rings (SSSR count). The standard InChI is InChI=1S/C20H22N2O3S3/c1-3-15-13-22(17-6-4-5-7-20(17)27-15)28(24,25)16-8-9-19-18(12-16)21(14(2)23)10-11-26-19/h4-9,12,15H,3,10-11,13H2,1-2H3/t15-/m0/s1. The van der Waals surface area contributed by atoms with Crippen molar-refractivity contribution in [3.8, 4) is 0 Å². The van der Waals surface area contributed by atoms with Crippen LogP contribution in [0.25, 0.3) is 0 Å². The molecule has 0 spiro atoms. The number of carbonyl (C=O) groups is 1. The van der Waals surface area contributed by atoms with E-state index in [0.717, 1.165) is 27.7 Å². The lowest BCUT2D eigenvalue weighted by molar-refractivity contribution is -0.116. The molecular formula is C20H22N2O3S3. The SMILES string of the molecule is CC[C@H]1CN(S(=O)(=O)c2ccc3c(c2)N(C(C)=O)CCS3)c2ccccc2S1. The quantitative estimate of drug-likeness (QED) is 0.724. The van der Waals surface area contributed by atoms with Gasteiger partial charge in [0.1, 0.15) is 0 Å². The molecule has 0 aliphatic carbocycles. The highest BCUT2D eigenvalue weighted by Crippen LogP contribution is 2.43. The van der Waals surface area contributed by atoms with Crippen molar-refractivity contribution in [2.75, 3.05) is 28.0 Å². The minimum atomic E-state index is -3.73. The first-order chi connectivity index (χ1) is 13.4. The maximum Gasteiger partial charge on any atom is 0.264 e. The molecule has 2 aromatic carbocycles. The van der Waals surface area contributed by atoms with Crippen molar-refractivity contribution in [3.63, 3.8) is 0 Å². The molecule has 2 aliphatic heterocycles. The molecule has 2 aromatic rings. The summed E-state index contributed by atoms with van der Waals surface area (Å²) in [6.45, 7) is 4.64. The maximum atomic E-state index is 13.6. The van der Waals surface area contributed by atoms with Crippen LogP contribution in [0.2, 0.25) is 0 Å².